The van der Waals surface area contributed by atoms with E-state index in [0.29, 0.717) is 12.2 Å². The summed E-state index contributed by atoms with van der Waals surface area (Å²) in [6.07, 6.45) is -3.35. The zero-order valence-corrected chi connectivity index (χ0v) is 7.84. The van der Waals surface area contributed by atoms with Gasteiger partial charge >= 0.3 is 6.18 Å². The highest BCUT2D eigenvalue weighted by molar-refractivity contribution is 5.04. The minimum absolute atomic E-state index is 0.359. The van der Waals surface area contributed by atoms with Crippen molar-refractivity contribution in [1.82, 2.24) is 14.9 Å². The Morgan fingerprint density at radius 1 is 1.36 bits per heavy atom. The first-order valence-electron chi connectivity index (χ1n) is 3.93. The molecule has 0 aliphatic heterocycles. The van der Waals surface area contributed by atoms with Gasteiger partial charge in [0.2, 0.25) is 5.82 Å². The molecule has 1 rings (SSSR count). The molecule has 0 aromatic carbocycles. The lowest BCUT2D eigenvalue weighted by atomic mass is 10.4. The van der Waals surface area contributed by atoms with Gasteiger partial charge in [0.25, 0.3) is 0 Å². The molecule has 6 heteroatoms. The number of halogens is 3. The van der Waals surface area contributed by atoms with Crippen molar-refractivity contribution in [2.24, 2.45) is 0 Å². The SMILES string of the molecule is CN(C)Cc1ccnc(C(F)(F)F)n1. The van der Waals surface area contributed by atoms with Crippen LogP contribution >= 0.6 is 0 Å². The molecule has 0 unspecified atom stereocenters. The van der Waals surface area contributed by atoms with E-state index >= 15 is 0 Å². The van der Waals surface area contributed by atoms with Gasteiger partial charge in [-0.3, -0.25) is 0 Å². The number of rotatable bonds is 2. The van der Waals surface area contributed by atoms with Gasteiger partial charge < -0.3 is 4.90 Å². The third-order valence-corrected chi connectivity index (χ3v) is 1.45. The third kappa shape index (κ3) is 2.95. The Morgan fingerprint density at radius 2 is 2.00 bits per heavy atom. The normalized spacial score (nSPS) is 12.1. The number of hydrogen-bond acceptors (Lipinski definition) is 3. The molecule has 1 aromatic rings. The minimum Gasteiger partial charge on any atom is -0.304 e. The molecule has 1 aromatic heterocycles. The van der Waals surface area contributed by atoms with Crippen molar-refractivity contribution in [2.45, 2.75) is 12.7 Å². The van der Waals surface area contributed by atoms with Crippen molar-refractivity contribution in [3.05, 3.63) is 23.8 Å². The topological polar surface area (TPSA) is 29.0 Å². The second-order valence-electron chi connectivity index (χ2n) is 3.11. The predicted octanol–water partition coefficient (Wildman–Crippen LogP) is 1.56. The van der Waals surface area contributed by atoms with E-state index in [1.165, 1.54) is 6.07 Å². The molecule has 0 aliphatic rings. The molecule has 0 N–H and O–H groups in total. The summed E-state index contributed by atoms with van der Waals surface area (Å²) in [6.45, 7) is 0.367. The number of aromatic nitrogens is 2. The zero-order chi connectivity index (χ0) is 10.8. The first-order chi connectivity index (χ1) is 6.39. The van der Waals surface area contributed by atoms with E-state index in [1.54, 1.807) is 19.0 Å². The van der Waals surface area contributed by atoms with Crippen molar-refractivity contribution < 1.29 is 13.2 Å². The Bertz CT molecular complexity index is 309. The highest BCUT2D eigenvalue weighted by Crippen LogP contribution is 2.25. The standard InChI is InChI=1S/C8H10F3N3/c1-14(2)5-6-3-4-12-7(13-6)8(9,10)11/h3-4H,5H2,1-2H3. The van der Waals surface area contributed by atoms with Crippen LogP contribution in [0.1, 0.15) is 11.5 Å². The highest BCUT2D eigenvalue weighted by atomic mass is 19.4. The average molecular weight is 205 g/mol. The van der Waals surface area contributed by atoms with Crippen LogP contribution in [0.5, 0.6) is 0 Å². The van der Waals surface area contributed by atoms with Gasteiger partial charge in [0, 0.05) is 12.7 Å². The van der Waals surface area contributed by atoms with Crippen LogP contribution in [-0.2, 0) is 12.7 Å². The monoisotopic (exact) mass is 205 g/mol. The van der Waals surface area contributed by atoms with Gasteiger partial charge in [-0.25, -0.2) is 9.97 Å². The Kier molecular flexibility index (Phi) is 3.05. The Hall–Kier alpha value is -1.17. The van der Waals surface area contributed by atoms with E-state index in [4.69, 9.17) is 0 Å². The van der Waals surface area contributed by atoms with Gasteiger partial charge in [-0.1, -0.05) is 0 Å². The summed E-state index contributed by atoms with van der Waals surface area (Å²) in [5.74, 6) is -1.09. The summed E-state index contributed by atoms with van der Waals surface area (Å²) in [7, 11) is 3.52. The van der Waals surface area contributed by atoms with Crippen molar-refractivity contribution >= 4 is 0 Å². The van der Waals surface area contributed by atoms with E-state index in [0.717, 1.165) is 6.20 Å². The summed E-state index contributed by atoms with van der Waals surface area (Å²) < 4.78 is 36.5. The van der Waals surface area contributed by atoms with E-state index in [-0.39, 0.29) is 0 Å². The highest BCUT2D eigenvalue weighted by Gasteiger charge is 2.34. The summed E-state index contributed by atoms with van der Waals surface area (Å²) in [5.41, 5.74) is 0.359. The maximum absolute atomic E-state index is 12.2. The predicted molar refractivity (Wildman–Crippen MR) is 44.4 cm³/mol. The van der Waals surface area contributed by atoms with Gasteiger partial charge in [-0.05, 0) is 20.2 Å². The maximum Gasteiger partial charge on any atom is 0.451 e. The summed E-state index contributed by atoms with van der Waals surface area (Å²) in [5, 5.41) is 0. The fraction of sp³-hybridized carbons (Fsp3) is 0.500. The Morgan fingerprint density at radius 3 is 2.50 bits per heavy atom. The second kappa shape index (κ2) is 3.91. The van der Waals surface area contributed by atoms with E-state index in [2.05, 4.69) is 9.97 Å². The molecule has 0 spiro atoms. The minimum atomic E-state index is -4.47. The molecular formula is C8H10F3N3. The number of nitrogens with zero attached hydrogens (tertiary/aromatic N) is 3. The van der Waals surface area contributed by atoms with Crippen LogP contribution in [0.2, 0.25) is 0 Å². The molecule has 1 heterocycles. The van der Waals surface area contributed by atoms with Crippen molar-refractivity contribution in [1.29, 1.82) is 0 Å². The van der Waals surface area contributed by atoms with E-state index < -0.39 is 12.0 Å². The number of alkyl halides is 3. The van der Waals surface area contributed by atoms with Crippen LogP contribution in [0.4, 0.5) is 13.2 Å². The third-order valence-electron chi connectivity index (χ3n) is 1.45. The lowest BCUT2D eigenvalue weighted by Crippen LogP contribution is -2.16. The van der Waals surface area contributed by atoms with Gasteiger partial charge in [0.1, 0.15) is 0 Å². The molecule has 78 valence electrons. The zero-order valence-electron chi connectivity index (χ0n) is 7.84. The van der Waals surface area contributed by atoms with Crippen molar-refractivity contribution in [3.8, 4) is 0 Å². The Labute approximate surface area is 79.6 Å². The molecule has 14 heavy (non-hydrogen) atoms. The first kappa shape index (κ1) is 10.9. The van der Waals surface area contributed by atoms with Gasteiger partial charge in [-0.15, -0.1) is 0 Å². The smallest absolute Gasteiger partial charge is 0.304 e. The fourth-order valence-corrected chi connectivity index (χ4v) is 0.945. The van der Waals surface area contributed by atoms with Gasteiger partial charge in [-0.2, -0.15) is 13.2 Å². The van der Waals surface area contributed by atoms with E-state index in [9.17, 15) is 13.2 Å². The average Bonchev–Trinajstić information content (AvgIpc) is 2.01. The van der Waals surface area contributed by atoms with Gasteiger partial charge in [0.15, 0.2) is 0 Å². The van der Waals surface area contributed by atoms with Crippen molar-refractivity contribution in [2.75, 3.05) is 14.1 Å². The molecule has 0 radical (unpaired) electrons. The molecule has 0 amide bonds. The Balaban J connectivity index is 2.90. The summed E-state index contributed by atoms with van der Waals surface area (Å²) in [4.78, 5) is 8.31. The van der Waals surface area contributed by atoms with Crippen LogP contribution in [0.25, 0.3) is 0 Å². The van der Waals surface area contributed by atoms with Crippen LogP contribution in [0, 0.1) is 0 Å². The fourth-order valence-electron chi connectivity index (χ4n) is 0.945. The lowest BCUT2D eigenvalue weighted by Gasteiger charge is -2.10. The number of hydrogen-bond donors (Lipinski definition) is 0. The van der Waals surface area contributed by atoms with Crippen LogP contribution in [0.15, 0.2) is 12.3 Å². The molecular weight excluding hydrogens is 195 g/mol. The summed E-state index contributed by atoms with van der Waals surface area (Å²) >= 11 is 0. The second-order valence-corrected chi connectivity index (χ2v) is 3.11. The maximum atomic E-state index is 12.2. The van der Waals surface area contributed by atoms with Crippen LogP contribution < -0.4 is 0 Å². The first-order valence-corrected chi connectivity index (χ1v) is 3.93. The van der Waals surface area contributed by atoms with Crippen LogP contribution in [0.3, 0.4) is 0 Å². The molecule has 0 aliphatic carbocycles. The van der Waals surface area contributed by atoms with Crippen molar-refractivity contribution in [3.63, 3.8) is 0 Å². The molecule has 0 saturated carbocycles. The molecule has 0 bridgehead atoms. The molecule has 3 nitrogen and oxygen atoms in total. The molecule has 0 saturated heterocycles. The van der Waals surface area contributed by atoms with Gasteiger partial charge in [0.05, 0.1) is 5.69 Å². The molecule has 0 atom stereocenters. The summed E-state index contributed by atoms with van der Waals surface area (Å²) in [6, 6.07) is 1.47. The quantitative estimate of drug-likeness (QED) is 0.733. The lowest BCUT2D eigenvalue weighted by molar-refractivity contribution is -0.145. The molecule has 0 fully saturated rings. The van der Waals surface area contributed by atoms with E-state index in [1.807, 2.05) is 0 Å². The largest absolute Gasteiger partial charge is 0.451 e. The van der Waals surface area contributed by atoms with Crippen LogP contribution in [-0.4, -0.2) is 29.0 Å².